The van der Waals surface area contributed by atoms with E-state index < -0.39 is 0 Å². The summed E-state index contributed by atoms with van der Waals surface area (Å²) in [7, 11) is 0. The van der Waals surface area contributed by atoms with Gasteiger partial charge in [0.25, 0.3) is 0 Å². The minimum atomic E-state index is 0.480. The standard InChI is InChI=1S/C8H18N2O/c1-3-5-10-8(9)7-11-6-4-2/h3-7H2,1-2H3,(H2,9,10). The van der Waals surface area contributed by atoms with Gasteiger partial charge in [0.1, 0.15) is 12.4 Å². The van der Waals surface area contributed by atoms with Gasteiger partial charge in [0.2, 0.25) is 0 Å². The highest BCUT2D eigenvalue weighted by Gasteiger charge is 1.90. The largest absolute Gasteiger partial charge is 0.386 e. The molecule has 3 nitrogen and oxygen atoms in total. The van der Waals surface area contributed by atoms with Gasteiger partial charge in [0.15, 0.2) is 0 Å². The number of hydrogen-bond donors (Lipinski definition) is 1. The maximum Gasteiger partial charge on any atom is 0.120 e. The monoisotopic (exact) mass is 158 g/mol. The number of rotatable bonds is 6. The summed E-state index contributed by atoms with van der Waals surface area (Å²) in [5, 5.41) is 0. The summed E-state index contributed by atoms with van der Waals surface area (Å²) in [6.45, 7) is 6.19. The molecule has 0 aliphatic carbocycles. The number of nitrogens with two attached hydrogens (primary N) is 1. The fraction of sp³-hybridized carbons (Fsp3) is 0.875. The van der Waals surface area contributed by atoms with Crippen molar-refractivity contribution in [2.75, 3.05) is 19.8 Å². The van der Waals surface area contributed by atoms with E-state index in [1.165, 1.54) is 0 Å². The van der Waals surface area contributed by atoms with E-state index in [4.69, 9.17) is 10.5 Å². The predicted octanol–water partition coefficient (Wildman–Crippen LogP) is 1.18. The van der Waals surface area contributed by atoms with Gasteiger partial charge in [-0.2, -0.15) is 0 Å². The molecule has 0 heterocycles. The second kappa shape index (κ2) is 7.54. The zero-order valence-corrected chi connectivity index (χ0v) is 7.47. The van der Waals surface area contributed by atoms with Crippen LogP contribution in [0.5, 0.6) is 0 Å². The van der Waals surface area contributed by atoms with Crippen molar-refractivity contribution in [3.8, 4) is 0 Å². The molecular formula is C8H18N2O. The maximum atomic E-state index is 5.53. The zero-order valence-electron chi connectivity index (χ0n) is 7.47. The first-order valence-electron chi connectivity index (χ1n) is 4.17. The van der Waals surface area contributed by atoms with Crippen LogP contribution in [0.15, 0.2) is 4.99 Å². The lowest BCUT2D eigenvalue weighted by molar-refractivity contribution is 0.171. The lowest BCUT2D eigenvalue weighted by atomic mass is 10.5. The molecular weight excluding hydrogens is 140 g/mol. The summed E-state index contributed by atoms with van der Waals surface area (Å²) < 4.78 is 5.19. The molecule has 0 bridgehead atoms. The Morgan fingerprint density at radius 3 is 2.64 bits per heavy atom. The van der Waals surface area contributed by atoms with E-state index >= 15 is 0 Å². The molecule has 0 aromatic heterocycles. The Balaban J connectivity index is 3.27. The van der Waals surface area contributed by atoms with Gasteiger partial charge in [-0.25, -0.2) is 0 Å². The Hall–Kier alpha value is -0.570. The first kappa shape index (κ1) is 10.4. The summed E-state index contributed by atoms with van der Waals surface area (Å²) >= 11 is 0. The SMILES string of the molecule is CCCN=C(N)COCCC. The average Bonchev–Trinajstić information content (AvgIpc) is 2.01. The van der Waals surface area contributed by atoms with Crippen molar-refractivity contribution < 1.29 is 4.74 Å². The lowest BCUT2D eigenvalue weighted by Crippen LogP contribution is -2.19. The summed E-state index contributed by atoms with van der Waals surface area (Å²) in [4.78, 5) is 4.08. The minimum Gasteiger partial charge on any atom is -0.386 e. The van der Waals surface area contributed by atoms with Crippen LogP contribution in [0.3, 0.4) is 0 Å². The van der Waals surface area contributed by atoms with Crippen LogP contribution < -0.4 is 5.73 Å². The molecule has 0 amide bonds. The third-order valence-corrected chi connectivity index (χ3v) is 1.14. The molecule has 0 aromatic carbocycles. The molecule has 3 heteroatoms. The molecule has 0 saturated heterocycles. The van der Waals surface area contributed by atoms with Crippen molar-refractivity contribution in [2.24, 2.45) is 10.7 Å². The Kier molecular flexibility index (Phi) is 7.15. The van der Waals surface area contributed by atoms with E-state index in [1.807, 2.05) is 0 Å². The molecule has 0 aliphatic heterocycles. The Bertz CT molecular complexity index is 113. The Labute approximate surface area is 68.6 Å². The van der Waals surface area contributed by atoms with Crippen molar-refractivity contribution in [3.63, 3.8) is 0 Å². The molecule has 0 saturated carbocycles. The summed E-state index contributed by atoms with van der Waals surface area (Å²) in [5.41, 5.74) is 5.53. The smallest absolute Gasteiger partial charge is 0.120 e. The van der Waals surface area contributed by atoms with Gasteiger partial charge in [-0.1, -0.05) is 13.8 Å². The van der Waals surface area contributed by atoms with Gasteiger partial charge in [-0.05, 0) is 12.8 Å². The lowest BCUT2D eigenvalue weighted by Gasteiger charge is -2.00. The predicted molar refractivity (Wildman–Crippen MR) is 47.9 cm³/mol. The number of aliphatic imine (C=N–C) groups is 1. The van der Waals surface area contributed by atoms with Crippen molar-refractivity contribution >= 4 is 5.84 Å². The quantitative estimate of drug-likeness (QED) is 0.358. The zero-order chi connectivity index (χ0) is 8.53. The maximum absolute atomic E-state index is 5.53. The Morgan fingerprint density at radius 2 is 2.09 bits per heavy atom. The molecule has 0 spiro atoms. The molecule has 0 fully saturated rings. The first-order valence-corrected chi connectivity index (χ1v) is 4.17. The molecule has 2 N–H and O–H groups in total. The van der Waals surface area contributed by atoms with Gasteiger partial charge in [-0.15, -0.1) is 0 Å². The molecule has 11 heavy (non-hydrogen) atoms. The van der Waals surface area contributed by atoms with E-state index in [9.17, 15) is 0 Å². The number of nitrogens with zero attached hydrogens (tertiary/aromatic N) is 1. The van der Waals surface area contributed by atoms with Gasteiger partial charge in [0, 0.05) is 13.2 Å². The molecule has 0 unspecified atom stereocenters. The van der Waals surface area contributed by atoms with Crippen molar-refractivity contribution in [3.05, 3.63) is 0 Å². The topological polar surface area (TPSA) is 47.6 Å². The first-order chi connectivity index (χ1) is 5.31. The van der Waals surface area contributed by atoms with Crippen LogP contribution in [-0.4, -0.2) is 25.6 Å². The van der Waals surface area contributed by atoms with Gasteiger partial charge >= 0.3 is 0 Å². The highest BCUT2D eigenvalue weighted by atomic mass is 16.5. The third-order valence-electron chi connectivity index (χ3n) is 1.14. The van der Waals surface area contributed by atoms with E-state index in [2.05, 4.69) is 18.8 Å². The normalized spacial score (nSPS) is 12.0. The third kappa shape index (κ3) is 7.33. The van der Waals surface area contributed by atoms with Gasteiger partial charge in [0.05, 0.1) is 0 Å². The van der Waals surface area contributed by atoms with Crippen molar-refractivity contribution in [1.82, 2.24) is 0 Å². The molecule has 66 valence electrons. The van der Waals surface area contributed by atoms with E-state index in [1.54, 1.807) is 0 Å². The summed E-state index contributed by atoms with van der Waals surface area (Å²) in [5.74, 6) is 0.611. The molecule has 0 rings (SSSR count). The van der Waals surface area contributed by atoms with Crippen LogP contribution in [0.1, 0.15) is 26.7 Å². The number of hydrogen-bond acceptors (Lipinski definition) is 2. The summed E-state index contributed by atoms with van der Waals surface area (Å²) in [6, 6.07) is 0. The minimum absolute atomic E-state index is 0.480. The van der Waals surface area contributed by atoms with Gasteiger partial charge in [-0.3, -0.25) is 4.99 Å². The van der Waals surface area contributed by atoms with Gasteiger partial charge < -0.3 is 10.5 Å². The molecule has 0 aliphatic rings. The molecule has 0 atom stereocenters. The van der Waals surface area contributed by atoms with E-state index in [0.717, 1.165) is 26.0 Å². The average molecular weight is 158 g/mol. The molecule has 0 radical (unpaired) electrons. The van der Waals surface area contributed by atoms with Crippen LogP contribution in [0.25, 0.3) is 0 Å². The highest BCUT2D eigenvalue weighted by Crippen LogP contribution is 1.82. The van der Waals surface area contributed by atoms with Crippen LogP contribution in [0, 0.1) is 0 Å². The van der Waals surface area contributed by atoms with Crippen LogP contribution in [-0.2, 0) is 4.74 Å². The second-order valence-corrected chi connectivity index (χ2v) is 2.43. The van der Waals surface area contributed by atoms with Crippen LogP contribution >= 0.6 is 0 Å². The fourth-order valence-corrected chi connectivity index (χ4v) is 0.622. The fourth-order valence-electron chi connectivity index (χ4n) is 0.622. The van der Waals surface area contributed by atoms with Crippen LogP contribution in [0.2, 0.25) is 0 Å². The summed E-state index contributed by atoms with van der Waals surface area (Å²) in [6.07, 6.45) is 2.07. The highest BCUT2D eigenvalue weighted by molar-refractivity contribution is 5.81. The molecule has 0 aromatic rings. The Morgan fingerprint density at radius 1 is 1.36 bits per heavy atom. The number of ether oxygens (including phenoxy) is 1. The van der Waals surface area contributed by atoms with Crippen molar-refractivity contribution in [1.29, 1.82) is 0 Å². The second-order valence-electron chi connectivity index (χ2n) is 2.43. The van der Waals surface area contributed by atoms with Crippen LogP contribution in [0.4, 0.5) is 0 Å². The van der Waals surface area contributed by atoms with E-state index in [-0.39, 0.29) is 0 Å². The van der Waals surface area contributed by atoms with E-state index in [0.29, 0.717) is 12.4 Å². The van der Waals surface area contributed by atoms with Crippen molar-refractivity contribution in [2.45, 2.75) is 26.7 Å². The number of amidine groups is 1.